The van der Waals surface area contributed by atoms with Gasteiger partial charge < -0.3 is 5.11 Å². The van der Waals surface area contributed by atoms with Gasteiger partial charge in [-0.1, -0.05) is 52.3 Å². The molecule has 2 aromatic carbocycles. The van der Waals surface area contributed by atoms with E-state index in [4.69, 9.17) is 0 Å². The van der Waals surface area contributed by atoms with Crippen LogP contribution in [0, 0.1) is 0 Å². The van der Waals surface area contributed by atoms with Crippen molar-refractivity contribution < 1.29 is 13.5 Å². The quantitative estimate of drug-likeness (QED) is 0.694. The van der Waals surface area contributed by atoms with Crippen LogP contribution in [0.15, 0.2) is 47.4 Å². The zero-order valence-electron chi connectivity index (χ0n) is 15.3. The van der Waals surface area contributed by atoms with Crippen molar-refractivity contribution in [3.63, 3.8) is 0 Å². The second-order valence-electron chi connectivity index (χ2n) is 6.97. The maximum atomic E-state index is 12.6. The van der Waals surface area contributed by atoms with Crippen molar-refractivity contribution >= 4 is 15.7 Å². The second kappa shape index (κ2) is 7.48. The summed E-state index contributed by atoms with van der Waals surface area (Å²) in [4.78, 5) is 0.187. The summed E-state index contributed by atoms with van der Waals surface area (Å²) < 4.78 is 27.8. The lowest BCUT2D eigenvalue weighted by Crippen LogP contribution is -2.17. The summed E-state index contributed by atoms with van der Waals surface area (Å²) in [6.45, 7) is 8.34. The minimum atomic E-state index is -3.75. The molecule has 2 rings (SSSR count). The fourth-order valence-electron chi connectivity index (χ4n) is 2.57. The third kappa shape index (κ3) is 4.54. The molecular weight excluding hydrogens is 334 g/mol. The molecule has 2 N–H and O–H groups in total. The highest BCUT2D eigenvalue weighted by atomic mass is 32.2. The lowest BCUT2D eigenvalue weighted by atomic mass is 9.82. The summed E-state index contributed by atoms with van der Waals surface area (Å²) in [5, 5.41) is 10.1. The van der Waals surface area contributed by atoms with Crippen LogP contribution < -0.4 is 4.72 Å². The van der Waals surface area contributed by atoms with E-state index in [0.29, 0.717) is 0 Å². The first-order valence-corrected chi connectivity index (χ1v) is 10.1. The van der Waals surface area contributed by atoms with Crippen LogP contribution in [0.4, 0.5) is 5.69 Å². The molecule has 0 atom stereocenters. The van der Waals surface area contributed by atoms with E-state index in [1.54, 1.807) is 18.2 Å². The van der Waals surface area contributed by atoms with Crippen LogP contribution >= 0.6 is 0 Å². The smallest absolute Gasteiger partial charge is 0.262 e. The van der Waals surface area contributed by atoms with Gasteiger partial charge in [0, 0.05) is 0 Å². The average molecular weight is 362 g/mol. The molecule has 0 bridgehead atoms. The van der Waals surface area contributed by atoms with Gasteiger partial charge in [-0.15, -0.1) is 0 Å². The predicted molar refractivity (Wildman–Crippen MR) is 103 cm³/mol. The van der Waals surface area contributed by atoms with E-state index in [2.05, 4.69) is 32.4 Å². The molecule has 0 aliphatic carbocycles. The summed E-state index contributed by atoms with van der Waals surface area (Å²) in [6.07, 6.45) is 2.84. The van der Waals surface area contributed by atoms with Crippen molar-refractivity contribution in [3.8, 4) is 5.75 Å². The Balaban J connectivity index is 2.32. The number of phenols is 1. The number of phenolic OH excluding ortho intramolecular Hbond substituents is 1. The van der Waals surface area contributed by atoms with Gasteiger partial charge in [0.1, 0.15) is 5.75 Å². The molecule has 0 spiro atoms. The number of sulfonamides is 1. The number of benzene rings is 2. The maximum absolute atomic E-state index is 12.6. The fraction of sp³-hybridized carbons (Fsp3) is 0.400. The van der Waals surface area contributed by atoms with Crippen molar-refractivity contribution in [2.45, 2.75) is 57.3 Å². The standard InChI is InChI=1S/C20H27NO3S/c1-5-7-15-8-11-17(12-9-15)25(23,24)21-18-14-16(10-13-19(18)22)20(3,4)6-2/h8-14,21-22H,5-7H2,1-4H3. The average Bonchev–Trinajstić information content (AvgIpc) is 2.57. The molecule has 2 aromatic rings. The van der Waals surface area contributed by atoms with Gasteiger partial charge in [-0.05, 0) is 53.6 Å². The number of hydrogen-bond donors (Lipinski definition) is 2. The number of hydrogen-bond acceptors (Lipinski definition) is 3. The first-order chi connectivity index (χ1) is 11.7. The SMILES string of the molecule is CCCc1ccc(S(=O)(=O)Nc2cc(C(C)(C)CC)ccc2O)cc1. The monoisotopic (exact) mass is 361 g/mol. The summed E-state index contributed by atoms with van der Waals surface area (Å²) in [7, 11) is -3.75. The molecule has 0 saturated carbocycles. The topological polar surface area (TPSA) is 66.4 Å². The zero-order chi connectivity index (χ0) is 18.7. The molecule has 0 saturated heterocycles. The van der Waals surface area contributed by atoms with Crippen molar-refractivity contribution in [2.75, 3.05) is 4.72 Å². The van der Waals surface area contributed by atoms with Crippen LogP contribution in [0.2, 0.25) is 0 Å². The van der Waals surface area contributed by atoms with Gasteiger partial charge in [0.2, 0.25) is 0 Å². The van der Waals surface area contributed by atoms with E-state index in [1.807, 2.05) is 18.2 Å². The Morgan fingerprint density at radius 1 is 1.04 bits per heavy atom. The number of rotatable bonds is 7. The first kappa shape index (κ1) is 19.3. The summed E-state index contributed by atoms with van der Waals surface area (Å²) >= 11 is 0. The predicted octanol–water partition coefficient (Wildman–Crippen LogP) is 4.83. The number of anilines is 1. The molecule has 4 nitrogen and oxygen atoms in total. The van der Waals surface area contributed by atoms with Crippen molar-refractivity contribution in [1.29, 1.82) is 0 Å². The Labute approximate surface area is 151 Å². The third-order valence-corrected chi connectivity index (χ3v) is 6.06. The summed E-state index contributed by atoms with van der Waals surface area (Å²) in [6, 6.07) is 11.9. The molecule has 0 unspecified atom stereocenters. The number of nitrogens with one attached hydrogen (secondary N) is 1. The van der Waals surface area contributed by atoms with E-state index in [-0.39, 0.29) is 21.7 Å². The molecule has 0 fully saturated rings. The first-order valence-electron chi connectivity index (χ1n) is 8.65. The van der Waals surface area contributed by atoms with Crippen molar-refractivity contribution in [1.82, 2.24) is 0 Å². The molecule has 0 aromatic heterocycles. The summed E-state index contributed by atoms with van der Waals surface area (Å²) in [5.41, 5.74) is 2.19. The molecule has 0 heterocycles. The molecular formula is C20H27NO3S. The Morgan fingerprint density at radius 3 is 2.24 bits per heavy atom. The Hall–Kier alpha value is -2.01. The highest BCUT2D eigenvalue weighted by molar-refractivity contribution is 7.92. The second-order valence-corrected chi connectivity index (χ2v) is 8.65. The van der Waals surface area contributed by atoms with Gasteiger partial charge >= 0.3 is 0 Å². The van der Waals surface area contributed by atoms with E-state index < -0.39 is 10.0 Å². The van der Waals surface area contributed by atoms with Crippen LogP contribution in [0.25, 0.3) is 0 Å². The number of aryl methyl sites for hydroxylation is 1. The van der Waals surface area contributed by atoms with Crippen LogP contribution in [-0.4, -0.2) is 13.5 Å². The normalized spacial score (nSPS) is 12.2. The molecule has 0 aliphatic heterocycles. The fourth-order valence-corrected chi connectivity index (χ4v) is 3.64. The highest BCUT2D eigenvalue weighted by Crippen LogP contribution is 2.34. The summed E-state index contributed by atoms with van der Waals surface area (Å²) in [5.74, 6) is -0.0816. The molecule has 25 heavy (non-hydrogen) atoms. The molecule has 0 aliphatic rings. The van der Waals surface area contributed by atoms with Gasteiger partial charge in [0.05, 0.1) is 10.6 Å². The minimum absolute atomic E-state index is 0.0816. The lowest BCUT2D eigenvalue weighted by Gasteiger charge is -2.24. The van der Waals surface area contributed by atoms with Gasteiger partial charge in [0.25, 0.3) is 10.0 Å². The Kier molecular flexibility index (Phi) is 5.78. The van der Waals surface area contributed by atoms with Crippen LogP contribution in [0.1, 0.15) is 51.7 Å². The van der Waals surface area contributed by atoms with E-state index in [0.717, 1.165) is 30.4 Å². The highest BCUT2D eigenvalue weighted by Gasteiger charge is 2.21. The Morgan fingerprint density at radius 2 is 1.68 bits per heavy atom. The van der Waals surface area contributed by atoms with Crippen molar-refractivity contribution in [3.05, 3.63) is 53.6 Å². The van der Waals surface area contributed by atoms with Gasteiger partial charge in [-0.3, -0.25) is 4.72 Å². The maximum Gasteiger partial charge on any atom is 0.262 e. The minimum Gasteiger partial charge on any atom is -0.506 e. The van der Waals surface area contributed by atoms with Gasteiger partial charge in [-0.2, -0.15) is 0 Å². The van der Waals surface area contributed by atoms with Crippen LogP contribution in [0.5, 0.6) is 5.75 Å². The molecule has 136 valence electrons. The van der Waals surface area contributed by atoms with E-state index in [9.17, 15) is 13.5 Å². The molecule has 0 radical (unpaired) electrons. The Bertz CT molecular complexity index is 825. The van der Waals surface area contributed by atoms with Crippen molar-refractivity contribution in [2.24, 2.45) is 0 Å². The molecule has 5 heteroatoms. The molecule has 0 amide bonds. The van der Waals surface area contributed by atoms with E-state index >= 15 is 0 Å². The van der Waals surface area contributed by atoms with Gasteiger partial charge in [0.15, 0.2) is 0 Å². The van der Waals surface area contributed by atoms with Gasteiger partial charge in [-0.25, -0.2) is 8.42 Å². The zero-order valence-corrected chi connectivity index (χ0v) is 16.2. The van der Waals surface area contributed by atoms with Crippen LogP contribution in [-0.2, 0) is 21.9 Å². The largest absolute Gasteiger partial charge is 0.506 e. The number of aromatic hydroxyl groups is 1. The van der Waals surface area contributed by atoms with Crippen LogP contribution in [0.3, 0.4) is 0 Å². The lowest BCUT2D eigenvalue weighted by molar-refractivity contribution is 0.474. The van der Waals surface area contributed by atoms with E-state index in [1.165, 1.54) is 6.07 Å². The third-order valence-electron chi connectivity index (χ3n) is 4.68.